The van der Waals surface area contributed by atoms with Crippen molar-refractivity contribution >= 4 is 11.8 Å². The number of amides is 2. The summed E-state index contributed by atoms with van der Waals surface area (Å²) in [4.78, 5) is 26.7. The first-order chi connectivity index (χ1) is 12.5. The zero-order chi connectivity index (χ0) is 18.5. The van der Waals surface area contributed by atoms with Gasteiger partial charge in [-0.25, -0.2) is 0 Å². The number of rotatable bonds is 4. The summed E-state index contributed by atoms with van der Waals surface area (Å²) in [5.41, 5.74) is 1.75. The normalized spacial score (nSPS) is 16.1. The second-order valence-corrected chi connectivity index (χ2v) is 6.75. The van der Waals surface area contributed by atoms with Crippen LogP contribution in [0.1, 0.15) is 41.6 Å². The van der Waals surface area contributed by atoms with Gasteiger partial charge in [0.1, 0.15) is 11.8 Å². The van der Waals surface area contributed by atoms with Crippen molar-refractivity contribution in [3.8, 4) is 5.75 Å². The maximum absolute atomic E-state index is 12.6. The van der Waals surface area contributed by atoms with Crippen molar-refractivity contribution in [2.24, 2.45) is 0 Å². The zero-order valence-electron chi connectivity index (χ0n) is 14.9. The molecule has 0 bridgehead atoms. The van der Waals surface area contributed by atoms with Gasteiger partial charge in [-0.2, -0.15) is 0 Å². The monoisotopic (exact) mass is 352 g/mol. The fourth-order valence-electron chi connectivity index (χ4n) is 3.38. The maximum Gasteiger partial charge on any atom is 0.251 e. The Kier molecular flexibility index (Phi) is 5.56. The SMILES string of the molecule is CC(NC(=O)c1ccccc1)C(=O)N1CCC(c2ccc(O)cc2)CC1. The quantitative estimate of drug-likeness (QED) is 0.889. The highest BCUT2D eigenvalue weighted by Crippen LogP contribution is 2.29. The molecule has 2 aromatic carbocycles. The second kappa shape index (κ2) is 8.04. The minimum atomic E-state index is -0.548. The van der Waals surface area contributed by atoms with Crippen molar-refractivity contribution < 1.29 is 14.7 Å². The molecule has 1 saturated heterocycles. The molecule has 2 N–H and O–H groups in total. The van der Waals surface area contributed by atoms with Crippen molar-refractivity contribution in [2.45, 2.75) is 31.7 Å². The van der Waals surface area contributed by atoms with E-state index in [4.69, 9.17) is 0 Å². The van der Waals surface area contributed by atoms with Crippen molar-refractivity contribution in [1.82, 2.24) is 10.2 Å². The summed E-state index contributed by atoms with van der Waals surface area (Å²) < 4.78 is 0. The molecule has 5 heteroatoms. The molecular weight excluding hydrogens is 328 g/mol. The topological polar surface area (TPSA) is 69.6 Å². The Morgan fingerprint density at radius 2 is 1.65 bits per heavy atom. The van der Waals surface area contributed by atoms with E-state index in [-0.39, 0.29) is 17.6 Å². The number of hydrogen-bond acceptors (Lipinski definition) is 3. The molecule has 1 unspecified atom stereocenters. The lowest BCUT2D eigenvalue weighted by atomic mass is 9.89. The molecule has 136 valence electrons. The van der Waals surface area contributed by atoms with Gasteiger partial charge < -0.3 is 15.3 Å². The Hall–Kier alpha value is -2.82. The van der Waals surface area contributed by atoms with Crippen LogP contribution in [0.2, 0.25) is 0 Å². The second-order valence-electron chi connectivity index (χ2n) is 6.75. The fourth-order valence-corrected chi connectivity index (χ4v) is 3.38. The number of phenolic OH excluding ortho intramolecular Hbond substituents is 1. The summed E-state index contributed by atoms with van der Waals surface area (Å²) in [6.07, 6.45) is 1.77. The number of benzene rings is 2. The van der Waals surface area contributed by atoms with E-state index in [2.05, 4.69) is 5.32 Å². The molecule has 5 nitrogen and oxygen atoms in total. The van der Waals surface area contributed by atoms with E-state index >= 15 is 0 Å². The van der Waals surface area contributed by atoms with Gasteiger partial charge in [-0.15, -0.1) is 0 Å². The van der Waals surface area contributed by atoms with Crippen LogP contribution in [0.25, 0.3) is 0 Å². The summed E-state index contributed by atoms with van der Waals surface area (Å²) in [6, 6.07) is 15.7. The Morgan fingerprint density at radius 1 is 1.04 bits per heavy atom. The van der Waals surface area contributed by atoms with Gasteiger partial charge in [-0.3, -0.25) is 9.59 Å². The van der Waals surface area contributed by atoms with E-state index in [0.29, 0.717) is 24.6 Å². The van der Waals surface area contributed by atoms with E-state index in [1.807, 2.05) is 23.1 Å². The molecule has 1 aliphatic heterocycles. The van der Waals surface area contributed by atoms with Crippen LogP contribution in [0.5, 0.6) is 5.75 Å². The Labute approximate surface area is 153 Å². The molecule has 1 atom stereocenters. The molecule has 2 aromatic rings. The van der Waals surface area contributed by atoms with Crippen LogP contribution in [-0.4, -0.2) is 41.0 Å². The largest absolute Gasteiger partial charge is 0.508 e. The average Bonchev–Trinajstić information content (AvgIpc) is 2.69. The number of carbonyl (C=O) groups is 2. The Bertz CT molecular complexity index is 751. The molecule has 0 spiro atoms. The lowest BCUT2D eigenvalue weighted by molar-refractivity contribution is -0.133. The van der Waals surface area contributed by atoms with Crippen molar-refractivity contribution in [1.29, 1.82) is 0 Å². The van der Waals surface area contributed by atoms with E-state index in [1.54, 1.807) is 43.3 Å². The molecule has 26 heavy (non-hydrogen) atoms. The predicted molar refractivity (Wildman–Crippen MR) is 100 cm³/mol. The first-order valence-electron chi connectivity index (χ1n) is 8.98. The van der Waals surface area contributed by atoms with Crippen molar-refractivity contribution in [3.63, 3.8) is 0 Å². The molecule has 1 heterocycles. The van der Waals surface area contributed by atoms with Gasteiger partial charge in [0.15, 0.2) is 0 Å². The lowest BCUT2D eigenvalue weighted by Crippen LogP contribution is -2.49. The number of nitrogens with one attached hydrogen (secondary N) is 1. The number of carbonyl (C=O) groups excluding carboxylic acids is 2. The molecule has 0 saturated carbocycles. The zero-order valence-corrected chi connectivity index (χ0v) is 14.9. The lowest BCUT2D eigenvalue weighted by Gasteiger charge is -2.34. The molecule has 1 aliphatic rings. The summed E-state index contributed by atoms with van der Waals surface area (Å²) >= 11 is 0. The minimum Gasteiger partial charge on any atom is -0.508 e. The number of piperidine rings is 1. The standard InChI is InChI=1S/C21H24N2O3/c1-15(22-20(25)18-5-3-2-4-6-18)21(26)23-13-11-17(12-14-23)16-7-9-19(24)10-8-16/h2-10,15,17,24H,11-14H2,1H3,(H,22,25). The Morgan fingerprint density at radius 3 is 2.27 bits per heavy atom. The third kappa shape index (κ3) is 4.23. The number of aromatic hydroxyl groups is 1. The van der Waals surface area contributed by atoms with Gasteiger partial charge in [0.25, 0.3) is 5.91 Å². The van der Waals surface area contributed by atoms with Crippen molar-refractivity contribution in [3.05, 3.63) is 65.7 Å². The summed E-state index contributed by atoms with van der Waals surface area (Å²) in [5.74, 6) is 0.391. The molecule has 0 radical (unpaired) electrons. The highest BCUT2D eigenvalue weighted by atomic mass is 16.3. The smallest absolute Gasteiger partial charge is 0.251 e. The van der Waals surface area contributed by atoms with E-state index in [1.165, 1.54) is 5.56 Å². The minimum absolute atomic E-state index is 0.0431. The van der Waals surface area contributed by atoms with Crippen LogP contribution >= 0.6 is 0 Å². The molecule has 1 fully saturated rings. The summed E-state index contributed by atoms with van der Waals surface area (Å²) in [5, 5.41) is 12.2. The van der Waals surface area contributed by atoms with Gasteiger partial charge in [-0.05, 0) is 55.5 Å². The van der Waals surface area contributed by atoms with Gasteiger partial charge in [0.05, 0.1) is 0 Å². The maximum atomic E-state index is 12.6. The van der Waals surface area contributed by atoms with Gasteiger partial charge in [0, 0.05) is 18.7 Å². The third-order valence-electron chi connectivity index (χ3n) is 4.93. The number of nitrogens with zero attached hydrogens (tertiary/aromatic N) is 1. The van der Waals surface area contributed by atoms with Gasteiger partial charge in [-0.1, -0.05) is 30.3 Å². The van der Waals surface area contributed by atoms with Gasteiger partial charge >= 0.3 is 0 Å². The van der Waals surface area contributed by atoms with Crippen LogP contribution in [0.4, 0.5) is 0 Å². The van der Waals surface area contributed by atoms with Crippen LogP contribution in [0.15, 0.2) is 54.6 Å². The van der Waals surface area contributed by atoms with Crippen LogP contribution < -0.4 is 5.32 Å². The summed E-state index contributed by atoms with van der Waals surface area (Å²) in [6.45, 7) is 3.08. The van der Waals surface area contributed by atoms with Crippen LogP contribution in [-0.2, 0) is 4.79 Å². The number of hydrogen-bond donors (Lipinski definition) is 2. The predicted octanol–water partition coefficient (Wildman–Crippen LogP) is 2.92. The highest BCUT2D eigenvalue weighted by molar-refractivity contribution is 5.97. The number of likely N-dealkylation sites (tertiary alicyclic amines) is 1. The first-order valence-corrected chi connectivity index (χ1v) is 8.98. The molecule has 2 amide bonds. The summed E-state index contributed by atoms with van der Waals surface area (Å²) in [7, 11) is 0. The average molecular weight is 352 g/mol. The van der Waals surface area contributed by atoms with E-state index in [0.717, 1.165) is 12.8 Å². The van der Waals surface area contributed by atoms with Gasteiger partial charge in [0.2, 0.25) is 5.91 Å². The van der Waals surface area contributed by atoms with Crippen LogP contribution in [0.3, 0.4) is 0 Å². The third-order valence-corrected chi connectivity index (χ3v) is 4.93. The molecule has 0 aromatic heterocycles. The molecule has 0 aliphatic carbocycles. The van der Waals surface area contributed by atoms with Crippen LogP contribution in [0, 0.1) is 0 Å². The fraction of sp³-hybridized carbons (Fsp3) is 0.333. The first kappa shape index (κ1) is 18.0. The molecular formula is C21H24N2O3. The van der Waals surface area contributed by atoms with E-state index < -0.39 is 6.04 Å². The Balaban J connectivity index is 1.53. The number of phenols is 1. The highest BCUT2D eigenvalue weighted by Gasteiger charge is 2.27. The van der Waals surface area contributed by atoms with E-state index in [9.17, 15) is 14.7 Å². The molecule has 3 rings (SSSR count). The van der Waals surface area contributed by atoms with Crippen molar-refractivity contribution in [2.75, 3.05) is 13.1 Å².